The lowest BCUT2D eigenvalue weighted by atomic mass is 9.90. The van der Waals surface area contributed by atoms with E-state index in [1.807, 2.05) is 30.3 Å². The summed E-state index contributed by atoms with van der Waals surface area (Å²) in [5, 5.41) is 20.9. The number of phenolic OH excluding ortho intramolecular Hbond substituents is 1. The molecule has 35 heavy (non-hydrogen) atoms. The molecule has 0 aliphatic carbocycles. The molecule has 1 unspecified atom stereocenters. The topological polar surface area (TPSA) is 125 Å². The van der Waals surface area contributed by atoms with Crippen LogP contribution in [-0.2, 0) is 16.1 Å². The maximum absolute atomic E-state index is 12.1. The molecule has 2 aliphatic heterocycles. The van der Waals surface area contributed by atoms with Gasteiger partial charge in [-0.05, 0) is 35.7 Å². The molecule has 0 saturated carbocycles. The average molecular weight is 473 g/mol. The molecular weight excluding hydrogens is 444 g/mol. The molecule has 3 heterocycles. The number of hydrogen-bond donors (Lipinski definition) is 3. The summed E-state index contributed by atoms with van der Waals surface area (Å²) in [6, 6.07) is 17.1. The quantitative estimate of drug-likeness (QED) is 0.483. The summed E-state index contributed by atoms with van der Waals surface area (Å²) in [5.74, 6) is -0.124. The van der Waals surface area contributed by atoms with Crippen LogP contribution in [0.15, 0.2) is 54.6 Å². The molecule has 1 atom stereocenters. The summed E-state index contributed by atoms with van der Waals surface area (Å²) in [4.78, 5) is 28.1. The van der Waals surface area contributed by atoms with Gasteiger partial charge in [0.15, 0.2) is 5.82 Å². The molecule has 1 aromatic heterocycles. The molecule has 0 radical (unpaired) electrons. The second kappa shape index (κ2) is 9.71. The van der Waals surface area contributed by atoms with Gasteiger partial charge >= 0.3 is 0 Å². The number of nitrogens with two attached hydrogens (primary N) is 1. The molecule has 180 valence electrons. The average Bonchev–Trinajstić information content (AvgIpc) is 2.86. The van der Waals surface area contributed by atoms with Crippen molar-refractivity contribution in [1.29, 1.82) is 0 Å². The van der Waals surface area contributed by atoms with Gasteiger partial charge in [0.25, 0.3) is 0 Å². The fraction of sp³-hybridized carbons (Fsp3) is 0.308. The minimum atomic E-state index is -0.257. The van der Waals surface area contributed by atoms with E-state index >= 15 is 0 Å². The van der Waals surface area contributed by atoms with E-state index in [0.717, 1.165) is 44.0 Å². The Labute approximate surface area is 203 Å². The zero-order chi connectivity index (χ0) is 24.4. The highest BCUT2D eigenvalue weighted by atomic mass is 16.3. The molecule has 9 heteroatoms. The van der Waals surface area contributed by atoms with Crippen molar-refractivity contribution in [3.63, 3.8) is 0 Å². The molecule has 4 N–H and O–H groups in total. The van der Waals surface area contributed by atoms with E-state index in [0.29, 0.717) is 29.9 Å². The van der Waals surface area contributed by atoms with E-state index in [2.05, 4.69) is 37.4 Å². The summed E-state index contributed by atoms with van der Waals surface area (Å²) in [6.45, 7) is 4.14. The third-order valence-corrected chi connectivity index (χ3v) is 6.72. The Bertz CT molecular complexity index is 1240. The van der Waals surface area contributed by atoms with E-state index in [1.54, 1.807) is 12.1 Å². The number of hydrogen-bond acceptors (Lipinski definition) is 8. The van der Waals surface area contributed by atoms with Gasteiger partial charge in [-0.2, -0.15) is 0 Å². The number of aromatic nitrogens is 2. The normalized spacial score (nSPS) is 19.0. The Hall–Kier alpha value is -3.98. The summed E-state index contributed by atoms with van der Waals surface area (Å²) >= 11 is 0. The van der Waals surface area contributed by atoms with E-state index in [1.165, 1.54) is 5.56 Å². The van der Waals surface area contributed by atoms with Crippen molar-refractivity contribution in [2.24, 2.45) is 0 Å². The third-order valence-electron chi connectivity index (χ3n) is 6.72. The van der Waals surface area contributed by atoms with Gasteiger partial charge in [0, 0.05) is 44.7 Å². The fourth-order valence-electron chi connectivity index (χ4n) is 4.74. The van der Waals surface area contributed by atoms with Crippen LogP contribution in [0.3, 0.4) is 0 Å². The predicted octanol–water partition coefficient (Wildman–Crippen LogP) is 2.27. The summed E-state index contributed by atoms with van der Waals surface area (Å²) in [5.41, 5.74) is 10.3. The molecule has 0 bridgehead atoms. The second-order valence-corrected chi connectivity index (χ2v) is 9.03. The Balaban J connectivity index is 1.20. The van der Waals surface area contributed by atoms with Gasteiger partial charge < -0.3 is 15.7 Å². The molecule has 2 saturated heterocycles. The van der Waals surface area contributed by atoms with E-state index < -0.39 is 0 Å². The van der Waals surface area contributed by atoms with Crippen molar-refractivity contribution in [3.8, 4) is 17.0 Å². The predicted molar refractivity (Wildman–Crippen MR) is 133 cm³/mol. The number of carbonyl (C=O) groups is 2. The number of nitrogen functional groups attached to an aromatic ring is 1. The number of piperazine rings is 1. The summed E-state index contributed by atoms with van der Waals surface area (Å²) in [6.07, 6.45) is 0.943. The lowest BCUT2D eigenvalue weighted by Gasteiger charge is -2.36. The zero-order valence-electron chi connectivity index (χ0n) is 19.4. The van der Waals surface area contributed by atoms with Crippen LogP contribution in [-0.4, -0.2) is 58.2 Å². The van der Waals surface area contributed by atoms with Crippen molar-refractivity contribution in [3.05, 3.63) is 65.7 Å². The fourth-order valence-corrected chi connectivity index (χ4v) is 4.74. The van der Waals surface area contributed by atoms with Crippen LogP contribution in [0.2, 0.25) is 0 Å². The van der Waals surface area contributed by atoms with Crippen LogP contribution < -0.4 is 16.0 Å². The van der Waals surface area contributed by atoms with Gasteiger partial charge in [0.2, 0.25) is 11.8 Å². The maximum atomic E-state index is 12.1. The highest BCUT2D eigenvalue weighted by Gasteiger charge is 2.28. The van der Waals surface area contributed by atoms with Gasteiger partial charge in [-0.1, -0.05) is 36.4 Å². The van der Waals surface area contributed by atoms with Gasteiger partial charge in [0.05, 0.1) is 17.3 Å². The standard InChI is InChI=1S/C26H28N6O3/c27-25-22(15-21(29-30-25)20-3-1-2-4-23(20)33)32-13-11-31(12-14-32)16-17-5-7-18(8-6-17)19-9-10-24(34)28-26(19)35/h1-8,15,19,33H,9-14,16H2,(H2,27,30)(H,28,34,35). The largest absolute Gasteiger partial charge is 0.507 e. The monoisotopic (exact) mass is 472 g/mol. The molecule has 2 aliphatic rings. The number of amides is 2. The number of piperidine rings is 1. The van der Waals surface area contributed by atoms with Gasteiger partial charge in [-0.25, -0.2) is 0 Å². The minimum Gasteiger partial charge on any atom is -0.507 e. The van der Waals surface area contributed by atoms with E-state index in [4.69, 9.17) is 5.73 Å². The van der Waals surface area contributed by atoms with Gasteiger partial charge in [0.1, 0.15) is 5.75 Å². The summed E-state index contributed by atoms with van der Waals surface area (Å²) < 4.78 is 0. The van der Waals surface area contributed by atoms with Crippen molar-refractivity contribution in [1.82, 2.24) is 20.4 Å². The first-order chi connectivity index (χ1) is 17.0. The smallest absolute Gasteiger partial charge is 0.234 e. The molecular formula is C26H28N6O3. The Kier molecular flexibility index (Phi) is 6.33. The molecule has 2 aromatic carbocycles. The highest BCUT2D eigenvalue weighted by Crippen LogP contribution is 2.32. The lowest BCUT2D eigenvalue weighted by molar-refractivity contribution is -0.134. The maximum Gasteiger partial charge on any atom is 0.234 e. The van der Waals surface area contributed by atoms with Gasteiger partial charge in [-0.3, -0.25) is 19.8 Å². The van der Waals surface area contributed by atoms with Crippen LogP contribution >= 0.6 is 0 Å². The Morgan fingerprint density at radius 3 is 2.46 bits per heavy atom. The number of rotatable bonds is 5. The minimum absolute atomic E-state index is 0.158. The first-order valence-electron chi connectivity index (χ1n) is 11.8. The molecule has 2 amide bonds. The summed E-state index contributed by atoms with van der Waals surface area (Å²) in [7, 11) is 0. The van der Waals surface area contributed by atoms with Crippen molar-refractivity contribution in [2.45, 2.75) is 25.3 Å². The molecule has 0 spiro atoms. The molecule has 9 nitrogen and oxygen atoms in total. The number of imide groups is 1. The molecule has 2 fully saturated rings. The van der Waals surface area contributed by atoms with Crippen LogP contribution in [0.25, 0.3) is 11.3 Å². The van der Waals surface area contributed by atoms with Gasteiger partial charge in [-0.15, -0.1) is 10.2 Å². The van der Waals surface area contributed by atoms with Crippen LogP contribution in [0.4, 0.5) is 11.5 Å². The number of anilines is 2. The first kappa shape index (κ1) is 22.8. The highest BCUT2D eigenvalue weighted by molar-refractivity contribution is 6.00. The SMILES string of the molecule is Nc1nnc(-c2ccccc2O)cc1N1CCN(Cc2ccc(C3CCC(=O)NC3=O)cc2)CC1. The van der Waals surface area contributed by atoms with Crippen molar-refractivity contribution < 1.29 is 14.7 Å². The number of nitrogens with zero attached hydrogens (tertiary/aromatic N) is 4. The number of phenols is 1. The number of benzene rings is 2. The third kappa shape index (κ3) is 4.95. The number of carbonyl (C=O) groups excluding carboxylic acids is 2. The zero-order valence-corrected chi connectivity index (χ0v) is 19.4. The Morgan fingerprint density at radius 1 is 1.00 bits per heavy atom. The second-order valence-electron chi connectivity index (χ2n) is 9.03. The number of para-hydroxylation sites is 1. The van der Waals surface area contributed by atoms with Crippen molar-refractivity contribution >= 4 is 23.3 Å². The van der Waals surface area contributed by atoms with E-state index in [-0.39, 0.29) is 23.5 Å². The van der Waals surface area contributed by atoms with E-state index in [9.17, 15) is 14.7 Å². The number of aromatic hydroxyl groups is 1. The van der Waals surface area contributed by atoms with Crippen LogP contribution in [0.5, 0.6) is 5.75 Å². The van der Waals surface area contributed by atoms with Crippen LogP contribution in [0.1, 0.15) is 29.9 Å². The molecule has 5 rings (SSSR count). The number of nitrogens with one attached hydrogen (secondary N) is 1. The first-order valence-corrected chi connectivity index (χ1v) is 11.8. The molecule has 3 aromatic rings. The Morgan fingerprint density at radius 2 is 1.74 bits per heavy atom. The lowest BCUT2D eigenvalue weighted by Crippen LogP contribution is -2.46. The van der Waals surface area contributed by atoms with Crippen LogP contribution in [0, 0.1) is 0 Å². The van der Waals surface area contributed by atoms with Crippen molar-refractivity contribution in [2.75, 3.05) is 36.8 Å².